The number of aryl methyl sites for hydroxylation is 1. The number of fused-ring (bicyclic) bond motifs is 1. The average Bonchev–Trinajstić information content (AvgIpc) is 3.55. The van der Waals surface area contributed by atoms with Crippen LogP contribution in [0.2, 0.25) is 0 Å². The van der Waals surface area contributed by atoms with Crippen LogP contribution in [0, 0.1) is 0 Å². The Balaban J connectivity index is 1.52. The van der Waals surface area contributed by atoms with E-state index in [1.54, 1.807) is 47.1 Å². The van der Waals surface area contributed by atoms with Gasteiger partial charge >= 0.3 is 0 Å². The number of rotatable bonds is 5. The number of nitrogens with one attached hydrogen (secondary N) is 1. The van der Waals surface area contributed by atoms with Gasteiger partial charge in [0.1, 0.15) is 0 Å². The molecule has 30 heavy (non-hydrogen) atoms. The lowest BCUT2D eigenvalue weighted by Crippen LogP contribution is -2.12. The van der Waals surface area contributed by atoms with Crippen molar-refractivity contribution in [3.05, 3.63) is 66.4 Å². The summed E-state index contributed by atoms with van der Waals surface area (Å²) in [5.41, 5.74) is 10.4. The van der Waals surface area contributed by atoms with E-state index in [2.05, 4.69) is 15.9 Å². The third-order valence-corrected chi connectivity index (χ3v) is 6.74. The Labute approximate surface area is 174 Å². The van der Waals surface area contributed by atoms with E-state index in [1.165, 1.54) is 0 Å². The zero-order chi connectivity index (χ0) is 20.9. The molecular formula is C22H21N5O2S. The molecular weight excluding hydrogens is 398 g/mol. The molecule has 7 nitrogen and oxygen atoms in total. The Kier molecular flexibility index (Phi) is 4.25. The molecule has 1 aliphatic carbocycles. The van der Waals surface area contributed by atoms with Crippen molar-refractivity contribution in [1.82, 2.24) is 14.8 Å². The van der Waals surface area contributed by atoms with Gasteiger partial charge in [-0.3, -0.25) is 4.72 Å². The molecule has 0 bridgehead atoms. The topological polar surface area (TPSA) is 103 Å². The number of benzene rings is 2. The van der Waals surface area contributed by atoms with Gasteiger partial charge in [0.05, 0.1) is 10.3 Å². The fourth-order valence-electron chi connectivity index (χ4n) is 3.64. The first kappa shape index (κ1) is 18.6. The van der Waals surface area contributed by atoms with Gasteiger partial charge in [0.15, 0.2) is 11.5 Å². The van der Waals surface area contributed by atoms with Crippen LogP contribution in [0.5, 0.6) is 0 Å². The summed E-state index contributed by atoms with van der Waals surface area (Å²) < 4.78 is 29.5. The number of pyridine rings is 1. The number of nitrogen functional groups attached to an aromatic ring is 1. The van der Waals surface area contributed by atoms with Crippen LogP contribution in [-0.4, -0.2) is 23.2 Å². The molecule has 152 valence electrons. The predicted octanol–water partition coefficient (Wildman–Crippen LogP) is 3.90. The highest BCUT2D eigenvalue weighted by Crippen LogP contribution is 2.42. The molecule has 1 saturated carbocycles. The number of anilines is 2. The van der Waals surface area contributed by atoms with E-state index >= 15 is 0 Å². The van der Waals surface area contributed by atoms with Crippen molar-refractivity contribution in [2.24, 2.45) is 7.05 Å². The number of aromatic nitrogens is 3. The van der Waals surface area contributed by atoms with E-state index in [0.717, 1.165) is 40.7 Å². The molecule has 0 atom stereocenters. The maximum absolute atomic E-state index is 12.6. The number of hydrogen-bond donors (Lipinski definition) is 2. The quantitative estimate of drug-likeness (QED) is 0.511. The molecule has 0 saturated heterocycles. The van der Waals surface area contributed by atoms with E-state index in [9.17, 15) is 8.42 Å². The largest absolute Gasteiger partial charge is 0.382 e. The molecule has 1 aliphatic rings. The predicted molar refractivity (Wildman–Crippen MR) is 118 cm³/mol. The Morgan fingerprint density at radius 2 is 1.77 bits per heavy atom. The summed E-state index contributed by atoms with van der Waals surface area (Å²) in [6.07, 6.45) is 2.29. The molecule has 0 unspecified atom stereocenters. The van der Waals surface area contributed by atoms with Crippen LogP contribution in [-0.2, 0) is 17.1 Å². The molecule has 5 rings (SSSR count). The van der Waals surface area contributed by atoms with Crippen LogP contribution in [0.3, 0.4) is 0 Å². The summed E-state index contributed by atoms with van der Waals surface area (Å²) in [5, 5.41) is 5.16. The van der Waals surface area contributed by atoms with Crippen LogP contribution in [0.1, 0.15) is 24.5 Å². The smallest absolute Gasteiger partial charge is 0.261 e. The molecule has 0 amide bonds. The van der Waals surface area contributed by atoms with Crippen molar-refractivity contribution in [3.63, 3.8) is 0 Å². The van der Waals surface area contributed by atoms with Crippen LogP contribution in [0.4, 0.5) is 11.5 Å². The first-order chi connectivity index (χ1) is 14.4. The summed E-state index contributed by atoms with van der Waals surface area (Å²) in [6.45, 7) is 0. The number of hydrogen-bond acceptors (Lipinski definition) is 5. The maximum atomic E-state index is 12.6. The van der Waals surface area contributed by atoms with Crippen LogP contribution >= 0.6 is 0 Å². The Morgan fingerprint density at radius 1 is 1.07 bits per heavy atom. The second-order valence-corrected chi connectivity index (χ2v) is 9.25. The lowest BCUT2D eigenvalue weighted by molar-refractivity contribution is 0.601. The second kappa shape index (κ2) is 6.84. The summed E-state index contributed by atoms with van der Waals surface area (Å²) in [4.78, 5) is 5.00. The number of sulfonamides is 1. The van der Waals surface area contributed by atoms with Crippen molar-refractivity contribution in [2.45, 2.75) is 23.7 Å². The highest BCUT2D eigenvalue weighted by atomic mass is 32.2. The SMILES string of the molecule is Cn1nc(N)c2c(-c3ccc(NS(=O)(=O)c4ccccc4)cc3)cc(C3CC3)nc21. The standard InChI is InChI=1S/C22H21N5O2S/c1-27-22-20(21(23)25-27)18(13-19(24-22)15-7-8-15)14-9-11-16(12-10-14)26-30(28,29)17-5-3-2-4-6-17/h2-6,9-13,15,26H,7-8H2,1H3,(H2,23,25). The van der Waals surface area contributed by atoms with Gasteiger partial charge in [-0.2, -0.15) is 5.10 Å². The van der Waals surface area contributed by atoms with E-state index in [1.807, 2.05) is 19.2 Å². The van der Waals surface area contributed by atoms with Crippen LogP contribution in [0.25, 0.3) is 22.2 Å². The maximum Gasteiger partial charge on any atom is 0.261 e. The highest BCUT2D eigenvalue weighted by molar-refractivity contribution is 7.92. The van der Waals surface area contributed by atoms with Crippen molar-refractivity contribution >= 4 is 32.6 Å². The van der Waals surface area contributed by atoms with Gasteiger partial charge in [-0.15, -0.1) is 0 Å². The number of nitrogens with zero attached hydrogens (tertiary/aromatic N) is 3. The molecule has 2 aromatic carbocycles. The molecule has 0 radical (unpaired) electrons. The van der Waals surface area contributed by atoms with Gasteiger partial charge in [0.2, 0.25) is 0 Å². The fraction of sp³-hybridized carbons (Fsp3) is 0.182. The average molecular weight is 420 g/mol. The second-order valence-electron chi connectivity index (χ2n) is 7.57. The minimum absolute atomic E-state index is 0.224. The Hall–Kier alpha value is -3.39. The molecule has 1 fully saturated rings. The van der Waals surface area contributed by atoms with E-state index in [-0.39, 0.29) is 4.90 Å². The van der Waals surface area contributed by atoms with Gasteiger partial charge in [0.25, 0.3) is 10.0 Å². The van der Waals surface area contributed by atoms with Crippen LogP contribution < -0.4 is 10.5 Å². The fourth-order valence-corrected chi connectivity index (χ4v) is 4.72. The van der Waals surface area contributed by atoms with Crippen molar-refractivity contribution < 1.29 is 8.42 Å². The lowest BCUT2D eigenvalue weighted by Gasteiger charge is -2.11. The van der Waals surface area contributed by atoms with Crippen LogP contribution in [0.15, 0.2) is 65.6 Å². The molecule has 8 heteroatoms. The van der Waals surface area contributed by atoms with E-state index in [0.29, 0.717) is 17.4 Å². The summed E-state index contributed by atoms with van der Waals surface area (Å²) in [7, 11) is -1.79. The van der Waals surface area contributed by atoms with Crippen molar-refractivity contribution in [3.8, 4) is 11.1 Å². The minimum Gasteiger partial charge on any atom is -0.382 e. The Morgan fingerprint density at radius 3 is 2.43 bits per heavy atom. The van der Waals surface area contributed by atoms with Gasteiger partial charge in [-0.25, -0.2) is 18.1 Å². The molecule has 2 aromatic heterocycles. The molecule has 4 aromatic rings. The van der Waals surface area contributed by atoms with E-state index < -0.39 is 10.0 Å². The number of nitrogens with two attached hydrogens (primary N) is 1. The van der Waals surface area contributed by atoms with Crippen molar-refractivity contribution in [2.75, 3.05) is 10.5 Å². The first-order valence-electron chi connectivity index (χ1n) is 9.74. The molecule has 2 heterocycles. The van der Waals surface area contributed by atoms with Gasteiger partial charge in [0, 0.05) is 24.3 Å². The zero-order valence-electron chi connectivity index (χ0n) is 16.4. The third-order valence-electron chi connectivity index (χ3n) is 5.34. The summed E-state index contributed by atoms with van der Waals surface area (Å²) >= 11 is 0. The van der Waals surface area contributed by atoms with Gasteiger partial charge < -0.3 is 5.73 Å². The Bertz CT molecular complexity index is 1340. The molecule has 0 aliphatic heterocycles. The normalized spacial score (nSPS) is 14.2. The third kappa shape index (κ3) is 3.29. The highest BCUT2D eigenvalue weighted by Gasteiger charge is 2.27. The lowest BCUT2D eigenvalue weighted by atomic mass is 10.0. The van der Waals surface area contributed by atoms with Crippen molar-refractivity contribution in [1.29, 1.82) is 0 Å². The molecule has 3 N–H and O–H groups in total. The zero-order valence-corrected chi connectivity index (χ0v) is 17.2. The molecule has 0 spiro atoms. The van der Waals surface area contributed by atoms with Gasteiger partial charge in [-0.05, 0) is 54.3 Å². The summed E-state index contributed by atoms with van der Waals surface area (Å²) in [5.74, 6) is 0.924. The first-order valence-corrected chi connectivity index (χ1v) is 11.2. The minimum atomic E-state index is -3.63. The monoisotopic (exact) mass is 419 g/mol. The van der Waals surface area contributed by atoms with E-state index in [4.69, 9.17) is 10.7 Å². The van der Waals surface area contributed by atoms with Gasteiger partial charge in [-0.1, -0.05) is 30.3 Å². The summed E-state index contributed by atoms with van der Waals surface area (Å²) in [6, 6.07) is 17.7.